The Morgan fingerprint density at radius 3 is 2.58 bits per heavy atom. The zero-order valence-electron chi connectivity index (χ0n) is 19.0. The van der Waals surface area contributed by atoms with Crippen LogP contribution in [0.4, 0.5) is 10.1 Å². The normalized spacial score (nSPS) is 11.9. The molecule has 7 nitrogen and oxygen atoms in total. The van der Waals surface area contributed by atoms with Gasteiger partial charge in [-0.3, -0.25) is 9.59 Å². The van der Waals surface area contributed by atoms with E-state index < -0.39 is 11.9 Å². The minimum Gasteiger partial charge on any atom is -0.480 e. The molecule has 1 N–H and O–H groups in total. The molecule has 1 unspecified atom stereocenters. The van der Waals surface area contributed by atoms with E-state index in [1.54, 1.807) is 49.4 Å². The molecular formula is C24H27FN4O3S. The second-order valence-electron chi connectivity index (χ2n) is 8.01. The summed E-state index contributed by atoms with van der Waals surface area (Å²) in [6.45, 7) is 8.02. The highest BCUT2D eigenvalue weighted by Gasteiger charge is 2.22. The maximum Gasteiger partial charge on any atom is 0.234 e. The summed E-state index contributed by atoms with van der Waals surface area (Å²) in [4.78, 5) is 24.0. The first-order valence-electron chi connectivity index (χ1n) is 10.6. The SMILES string of the molecule is CC(=O)c1cccc(NC(=O)CSc2nnc(C(C)Oc3ccccc3F)n2CC(C)C)c1. The van der Waals surface area contributed by atoms with Crippen molar-refractivity contribution in [2.45, 2.75) is 45.5 Å². The maximum absolute atomic E-state index is 14.0. The molecule has 1 atom stereocenters. The number of ether oxygens (including phenoxy) is 1. The number of para-hydroxylation sites is 1. The van der Waals surface area contributed by atoms with Crippen LogP contribution in [-0.4, -0.2) is 32.2 Å². The summed E-state index contributed by atoms with van der Waals surface area (Å²) in [6, 6.07) is 13.0. The van der Waals surface area contributed by atoms with Gasteiger partial charge in [0.2, 0.25) is 5.91 Å². The summed E-state index contributed by atoms with van der Waals surface area (Å²) >= 11 is 1.26. The van der Waals surface area contributed by atoms with Gasteiger partial charge in [-0.2, -0.15) is 0 Å². The number of anilines is 1. The molecule has 33 heavy (non-hydrogen) atoms. The van der Waals surface area contributed by atoms with Crippen molar-refractivity contribution in [1.82, 2.24) is 14.8 Å². The van der Waals surface area contributed by atoms with Crippen LogP contribution < -0.4 is 10.1 Å². The number of carbonyl (C=O) groups is 2. The van der Waals surface area contributed by atoms with Crippen LogP contribution in [0.15, 0.2) is 53.7 Å². The predicted octanol–water partition coefficient (Wildman–Crippen LogP) is 5.15. The number of amides is 1. The Hall–Kier alpha value is -3.20. The quantitative estimate of drug-likeness (QED) is 0.326. The zero-order chi connectivity index (χ0) is 24.0. The standard InChI is InChI=1S/C24H27FN4O3S/c1-15(2)13-29-23(17(4)32-21-11-6-5-10-20(21)25)27-28-24(29)33-14-22(31)26-19-9-7-8-18(12-19)16(3)30/h5-12,15,17H,13-14H2,1-4H3,(H,26,31). The number of halogens is 1. The lowest BCUT2D eigenvalue weighted by Crippen LogP contribution is -2.17. The van der Waals surface area contributed by atoms with Crippen LogP contribution in [0.1, 0.15) is 50.0 Å². The molecule has 0 aliphatic heterocycles. The van der Waals surface area contributed by atoms with Crippen molar-refractivity contribution in [3.8, 4) is 5.75 Å². The van der Waals surface area contributed by atoms with Gasteiger partial charge in [0, 0.05) is 17.8 Å². The lowest BCUT2D eigenvalue weighted by atomic mass is 10.1. The smallest absolute Gasteiger partial charge is 0.234 e. The van der Waals surface area contributed by atoms with Gasteiger partial charge >= 0.3 is 0 Å². The zero-order valence-corrected chi connectivity index (χ0v) is 19.9. The van der Waals surface area contributed by atoms with E-state index in [9.17, 15) is 14.0 Å². The number of nitrogens with one attached hydrogen (secondary N) is 1. The van der Waals surface area contributed by atoms with Gasteiger partial charge < -0.3 is 14.6 Å². The van der Waals surface area contributed by atoms with E-state index in [4.69, 9.17) is 4.74 Å². The summed E-state index contributed by atoms with van der Waals surface area (Å²) in [7, 11) is 0. The number of hydrogen-bond acceptors (Lipinski definition) is 6. The number of hydrogen-bond donors (Lipinski definition) is 1. The van der Waals surface area contributed by atoms with Crippen molar-refractivity contribution in [2.75, 3.05) is 11.1 Å². The first-order chi connectivity index (χ1) is 15.7. The largest absolute Gasteiger partial charge is 0.480 e. The van der Waals surface area contributed by atoms with Crippen LogP contribution >= 0.6 is 11.8 Å². The van der Waals surface area contributed by atoms with E-state index in [1.165, 1.54) is 24.8 Å². The highest BCUT2D eigenvalue weighted by molar-refractivity contribution is 7.99. The summed E-state index contributed by atoms with van der Waals surface area (Å²) in [5.41, 5.74) is 1.09. The molecular weight excluding hydrogens is 443 g/mol. The number of aromatic nitrogens is 3. The predicted molar refractivity (Wildman–Crippen MR) is 126 cm³/mol. The Morgan fingerprint density at radius 1 is 1.12 bits per heavy atom. The molecule has 1 heterocycles. The number of rotatable bonds is 10. The summed E-state index contributed by atoms with van der Waals surface area (Å²) in [5, 5.41) is 11.9. The number of benzene rings is 2. The van der Waals surface area contributed by atoms with Gasteiger partial charge in [-0.25, -0.2) is 4.39 Å². The molecule has 3 aromatic rings. The molecule has 2 aromatic carbocycles. The third kappa shape index (κ3) is 6.64. The van der Waals surface area contributed by atoms with E-state index in [0.29, 0.717) is 34.7 Å². The Labute approximate surface area is 196 Å². The van der Waals surface area contributed by atoms with E-state index in [1.807, 2.05) is 4.57 Å². The first kappa shape index (κ1) is 24.4. The van der Waals surface area contributed by atoms with Crippen LogP contribution in [0.25, 0.3) is 0 Å². The van der Waals surface area contributed by atoms with Crippen molar-refractivity contribution in [1.29, 1.82) is 0 Å². The van der Waals surface area contributed by atoms with Crippen molar-refractivity contribution in [2.24, 2.45) is 5.92 Å². The van der Waals surface area contributed by atoms with Crippen LogP contribution in [0, 0.1) is 11.7 Å². The fraction of sp³-hybridized carbons (Fsp3) is 0.333. The number of nitrogens with zero attached hydrogens (tertiary/aromatic N) is 3. The Bertz CT molecular complexity index is 1130. The first-order valence-corrected chi connectivity index (χ1v) is 11.6. The second-order valence-corrected chi connectivity index (χ2v) is 8.95. The molecule has 1 aromatic heterocycles. The molecule has 0 bridgehead atoms. The van der Waals surface area contributed by atoms with Gasteiger partial charge in [0.05, 0.1) is 5.75 Å². The average Bonchev–Trinajstić information content (AvgIpc) is 3.16. The van der Waals surface area contributed by atoms with Crippen molar-refractivity contribution >= 4 is 29.1 Å². The lowest BCUT2D eigenvalue weighted by molar-refractivity contribution is -0.113. The van der Waals surface area contributed by atoms with Gasteiger partial charge in [0.1, 0.15) is 0 Å². The van der Waals surface area contributed by atoms with Crippen molar-refractivity contribution in [3.63, 3.8) is 0 Å². The topological polar surface area (TPSA) is 86.1 Å². The van der Waals surface area contributed by atoms with Crippen molar-refractivity contribution in [3.05, 3.63) is 65.7 Å². The van der Waals surface area contributed by atoms with E-state index in [0.717, 1.165) is 0 Å². The van der Waals surface area contributed by atoms with Crippen LogP contribution in [0.3, 0.4) is 0 Å². The second kappa shape index (κ2) is 11.1. The third-order valence-corrected chi connectivity index (χ3v) is 5.65. The van der Waals surface area contributed by atoms with Gasteiger partial charge in [-0.15, -0.1) is 10.2 Å². The number of carbonyl (C=O) groups excluding carboxylic acids is 2. The summed E-state index contributed by atoms with van der Waals surface area (Å²) < 4.78 is 21.7. The number of Topliss-reactive ketones (excluding diaryl/α,β-unsaturated/α-hetero) is 1. The molecule has 0 radical (unpaired) electrons. The third-order valence-electron chi connectivity index (χ3n) is 4.68. The molecule has 3 rings (SSSR count). The molecule has 0 saturated heterocycles. The summed E-state index contributed by atoms with van der Waals surface area (Å²) in [5.74, 6) is 0.374. The molecule has 174 valence electrons. The lowest BCUT2D eigenvalue weighted by Gasteiger charge is -2.18. The van der Waals surface area contributed by atoms with Gasteiger partial charge in [-0.1, -0.05) is 49.9 Å². The van der Waals surface area contributed by atoms with Gasteiger partial charge in [0.15, 0.2) is 34.4 Å². The van der Waals surface area contributed by atoms with Gasteiger partial charge in [-0.05, 0) is 44.0 Å². The van der Waals surface area contributed by atoms with E-state index in [-0.39, 0.29) is 23.2 Å². The molecule has 0 fully saturated rings. The fourth-order valence-electron chi connectivity index (χ4n) is 3.17. The molecule has 0 aliphatic rings. The molecule has 1 amide bonds. The summed E-state index contributed by atoms with van der Waals surface area (Å²) in [6.07, 6.45) is -0.536. The van der Waals surface area contributed by atoms with Gasteiger partial charge in [0.25, 0.3) is 0 Å². The Morgan fingerprint density at radius 2 is 1.88 bits per heavy atom. The monoisotopic (exact) mass is 470 g/mol. The molecule has 0 aliphatic carbocycles. The van der Waals surface area contributed by atoms with Crippen LogP contribution in [0.2, 0.25) is 0 Å². The molecule has 0 spiro atoms. The van der Waals surface area contributed by atoms with E-state index in [2.05, 4.69) is 29.4 Å². The highest BCUT2D eigenvalue weighted by Crippen LogP contribution is 2.27. The Balaban J connectivity index is 1.70. The minimum absolute atomic E-state index is 0.0680. The van der Waals surface area contributed by atoms with Crippen LogP contribution in [0.5, 0.6) is 5.75 Å². The Kier molecular flexibility index (Phi) is 8.21. The van der Waals surface area contributed by atoms with Crippen molar-refractivity contribution < 1.29 is 18.7 Å². The van der Waals surface area contributed by atoms with Crippen LogP contribution in [-0.2, 0) is 11.3 Å². The fourth-order valence-corrected chi connectivity index (χ4v) is 3.93. The highest BCUT2D eigenvalue weighted by atomic mass is 32.2. The average molecular weight is 471 g/mol. The minimum atomic E-state index is -0.536. The maximum atomic E-state index is 14.0. The number of ketones is 1. The number of thioether (sulfide) groups is 1. The molecule has 0 saturated carbocycles. The van der Waals surface area contributed by atoms with E-state index >= 15 is 0 Å². The molecule has 9 heteroatoms.